The van der Waals surface area contributed by atoms with Crippen molar-refractivity contribution >= 4 is 11.6 Å². The smallest absolute Gasteiger partial charge is 0.248 e. The number of benzene rings is 1. The Morgan fingerprint density at radius 3 is 2.71 bits per heavy atom. The minimum atomic E-state index is -2.58. The number of rotatable bonds is 2. The molecule has 2 N–H and O–H groups in total. The van der Waals surface area contributed by atoms with Gasteiger partial charge in [-0.15, -0.1) is 0 Å². The van der Waals surface area contributed by atoms with Crippen molar-refractivity contribution < 1.29 is 13.6 Å². The first-order valence-corrected chi connectivity index (χ1v) is 7.53. The van der Waals surface area contributed by atoms with Gasteiger partial charge in [0.25, 0.3) is 0 Å². The minimum Gasteiger partial charge on any atom is -0.383 e. The number of anilines is 1. The highest BCUT2D eigenvalue weighted by Gasteiger charge is 2.37. The molecule has 1 aromatic carbocycles. The molecule has 1 aliphatic heterocycles. The lowest BCUT2D eigenvalue weighted by molar-refractivity contribution is -0.129. The third-order valence-electron chi connectivity index (χ3n) is 4.46. The number of nitrogens with one attached hydrogen (secondary N) is 2. The summed E-state index contributed by atoms with van der Waals surface area (Å²) in [7, 11) is 0. The molecular weight excluding hydrogens is 274 g/mol. The van der Waals surface area contributed by atoms with E-state index < -0.39 is 5.92 Å². The van der Waals surface area contributed by atoms with Crippen molar-refractivity contribution in [3.05, 3.63) is 29.8 Å². The molecular formula is C16H20F2N2O. The number of hydrogen-bond donors (Lipinski definition) is 2. The summed E-state index contributed by atoms with van der Waals surface area (Å²) in [5.74, 6) is -2.92. The van der Waals surface area contributed by atoms with E-state index in [0.29, 0.717) is 6.54 Å². The summed E-state index contributed by atoms with van der Waals surface area (Å²) >= 11 is 0. The first-order chi connectivity index (χ1) is 10.0. The Labute approximate surface area is 123 Å². The van der Waals surface area contributed by atoms with Crippen LogP contribution in [0.5, 0.6) is 0 Å². The molecule has 2 aliphatic rings. The number of hydrogen-bond acceptors (Lipinski definition) is 2. The number of amides is 1. The Morgan fingerprint density at radius 1 is 1.24 bits per heavy atom. The lowest BCUT2D eigenvalue weighted by Crippen LogP contribution is -2.46. The molecule has 1 aromatic rings. The molecule has 3 rings (SSSR count). The Balaban J connectivity index is 1.55. The topological polar surface area (TPSA) is 41.1 Å². The van der Waals surface area contributed by atoms with E-state index in [1.807, 2.05) is 24.3 Å². The molecule has 0 aromatic heterocycles. The van der Waals surface area contributed by atoms with E-state index in [1.54, 1.807) is 0 Å². The molecule has 114 valence electrons. The summed E-state index contributed by atoms with van der Waals surface area (Å²) in [6.45, 7) is 0.686. The second kappa shape index (κ2) is 5.62. The summed E-state index contributed by atoms with van der Waals surface area (Å²) in [6, 6.07) is 8.06. The number of para-hydroxylation sites is 1. The predicted molar refractivity (Wildman–Crippen MR) is 77.5 cm³/mol. The highest BCUT2D eigenvalue weighted by atomic mass is 19.3. The van der Waals surface area contributed by atoms with Gasteiger partial charge in [-0.1, -0.05) is 18.2 Å². The SMILES string of the molecule is O=C(NC1CNc2ccccc2C1)C1CCC(F)(F)CC1. The highest BCUT2D eigenvalue weighted by Crippen LogP contribution is 2.36. The Kier molecular flexibility index (Phi) is 3.83. The van der Waals surface area contributed by atoms with Gasteiger partial charge in [-0.2, -0.15) is 0 Å². The van der Waals surface area contributed by atoms with E-state index in [9.17, 15) is 13.6 Å². The van der Waals surface area contributed by atoms with Crippen LogP contribution in [0.1, 0.15) is 31.2 Å². The second-order valence-corrected chi connectivity index (χ2v) is 6.08. The predicted octanol–water partition coefficient (Wildman–Crippen LogP) is 2.96. The molecule has 1 saturated carbocycles. The molecule has 1 unspecified atom stereocenters. The van der Waals surface area contributed by atoms with Gasteiger partial charge in [0, 0.05) is 31.0 Å². The van der Waals surface area contributed by atoms with Crippen molar-refractivity contribution in [2.75, 3.05) is 11.9 Å². The summed E-state index contributed by atoms with van der Waals surface area (Å²) in [5, 5.41) is 6.31. The first kappa shape index (κ1) is 14.3. The molecule has 0 bridgehead atoms. The van der Waals surface area contributed by atoms with E-state index in [1.165, 1.54) is 5.56 Å². The van der Waals surface area contributed by atoms with E-state index >= 15 is 0 Å². The van der Waals surface area contributed by atoms with Crippen LogP contribution in [0.3, 0.4) is 0 Å². The first-order valence-electron chi connectivity index (χ1n) is 7.53. The van der Waals surface area contributed by atoms with Crippen molar-refractivity contribution in [1.82, 2.24) is 5.32 Å². The van der Waals surface area contributed by atoms with Crippen LogP contribution < -0.4 is 10.6 Å². The number of fused-ring (bicyclic) bond motifs is 1. The quantitative estimate of drug-likeness (QED) is 0.880. The maximum atomic E-state index is 13.1. The lowest BCUT2D eigenvalue weighted by atomic mass is 9.86. The normalized spacial score (nSPS) is 24.8. The third-order valence-corrected chi connectivity index (χ3v) is 4.46. The van der Waals surface area contributed by atoms with E-state index in [2.05, 4.69) is 10.6 Å². The number of alkyl halides is 2. The fourth-order valence-corrected chi connectivity index (χ4v) is 3.16. The molecule has 5 heteroatoms. The summed E-state index contributed by atoms with van der Waals surface area (Å²) in [5.41, 5.74) is 2.30. The Hall–Kier alpha value is -1.65. The maximum Gasteiger partial charge on any atom is 0.248 e. The van der Waals surface area contributed by atoms with Crippen molar-refractivity contribution in [2.45, 2.75) is 44.1 Å². The maximum absolute atomic E-state index is 13.1. The molecule has 21 heavy (non-hydrogen) atoms. The molecule has 1 atom stereocenters. The molecule has 0 radical (unpaired) electrons. The lowest BCUT2D eigenvalue weighted by Gasteiger charge is -2.31. The number of carbonyl (C=O) groups excluding carboxylic acids is 1. The summed E-state index contributed by atoms with van der Waals surface area (Å²) in [6.07, 6.45) is 1.02. The van der Waals surface area contributed by atoms with Crippen LogP contribution in [0, 0.1) is 5.92 Å². The van der Waals surface area contributed by atoms with Crippen LogP contribution in [0.4, 0.5) is 14.5 Å². The van der Waals surface area contributed by atoms with Gasteiger partial charge in [0.1, 0.15) is 0 Å². The molecule has 1 heterocycles. The van der Waals surface area contributed by atoms with Crippen LogP contribution in [-0.4, -0.2) is 24.4 Å². The monoisotopic (exact) mass is 294 g/mol. The van der Waals surface area contributed by atoms with Crippen molar-refractivity contribution in [2.24, 2.45) is 5.92 Å². The Bertz CT molecular complexity index is 523. The average Bonchev–Trinajstić information content (AvgIpc) is 2.47. The van der Waals surface area contributed by atoms with Crippen molar-refractivity contribution in [1.29, 1.82) is 0 Å². The zero-order chi connectivity index (χ0) is 14.9. The van der Waals surface area contributed by atoms with E-state index in [-0.39, 0.29) is 43.6 Å². The van der Waals surface area contributed by atoms with Crippen molar-refractivity contribution in [3.8, 4) is 0 Å². The second-order valence-electron chi connectivity index (χ2n) is 6.08. The fourth-order valence-electron chi connectivity index (χ4n) is 3.16. The van der Waals surface area contributed by atoms with Gasteiger partial charge >= 0.3 is 0 Å². The van der Waals surface area contributed by atoms with E-state index in [0.717, 1.165) is 12.1 Å². The van der Waals surface area contributed by atoms with Gasteiger partial charge in [0.05, 0.1) is 6.04 Å². The molecule has 3 nitrogen and oxygen atoms in total. The van der Waals surface area contributed by atoms with Gasteiger partial charge in [0.2, 0.25) is 11.8 Å². The van der Waals surface area contributed by atoms with Gasteiger partial charge in [-0.3, -0.25) is 4.79 Å². The van der Waals surface area contributed by atoms with Gasteiger partial charge < -0.3 is 10.6 Å². The zero-order valence-electron chi connectivity index (χ0n) is 11.9. The van der Waals surface area contributed by atoms with Crippen LogP contribution in [-0.2, 0) is 11.2 Å². The largest absolute Gasteiger partial charge is 0.383 e. The molecule has 1 aliphatic carbocycles. The van der Waals surface area contributed by atoms with Crippen molar-refractivity contribution in [3.63, 3.8) is 0 Å². The van der Waals surface area contributed by atoms with Gasteiger partial charge in [0.15, 0.2) is 0 Å². The van der Waals surface area contributed by atoms with Crippen LogP contribution >= 0.6 is 0 Å². The van der Waals surface area contributed by atoms with E-state index in [4.69, 9.17) is 0 Å². The highest BCUT2D eigenvalue weighted by molar-refractivity contribution is 5.79. The third kappa shape index (κ3) is 3.34. The summed E-state index contributed by atoms with van der Waals surface area (Å²) in [4.78, 5) is 12.2. The standard InChI is InChI=1S/C16H20F2N2O/c17-16(18)7-5-11(6-8-16)15(21)20-13-9-12-3-1-2-4-14(12)19-10-13/h1-4,11,13,19H,5-10H2,(H,20,21). The van der Waals surface area contributed by atoms with Crippen LogP contribution in [0.2, 0.25) is 0 Å². The number of halogens is 2. The summed E-state index contributed by atoms with van der Waals surface area (Å²) < 4.78 is 26.2. The zero-order valence-corrected chi connectivity index (χ0v) is 11.9. The molecule has 1 fully saturated rings. The molecule has 1 amide bonds. The van der Waals surface area contributed by atoms with Gasteiger partial charge in [-0.25, -0.2) is 8.78 Å². The fraction of sp³-hybridized carbons (Fsp3) is 0.562. The number of carbonyl (C=O) groups is 1. The van der Waals surface area contributed by atoms with Crippen LogP contribution in [0.25, 0.3) is 0 Å². The average molecular weight is 294 g/mol. The van der Waals surface area contributed by atoms with Gasteiger partial charge in [-0.05, 0) is 30.9 Å². The molecule has 0 spiro atoms. The Morgan fingerprint density at radius 2 is 1.95 bits per heavy atom. The minimum absolute atomic E-state index is 0.0369. The van der Waals surface area contributed by atoms with Crippen LogP contribution in [0.15, 0.2) is 24.3 Å². The molecule has 0 saturated heterocycles.